The Labute approximate surface area is 302 Å². The second-order valence-electron chi connectivity index (χ2n) is 12.4. The van der Waals surface area contributed by atoms with Crippen LogP contribution in [-0.4, -0.2) is 217 Å². The van der Waals surface area contributed by atoms with E-state index in [1.54, 1.807) is 19.6 Å². The third kappa shape index (κ3) is 22.5. The lowest BCUT2D eigenvalue weighted by Crippen LogP contribution is -2.50. The highest BCUT2D eigenvalue weighted by Gasteiger charge is 2.24. The molecule has 18 heteroatoms. The molecule has 1 aliphatic rings. The zero-order chi connectivity index (χ0) is 38.9. The Morgan fingerprint density at radius 2 is 0.843 bits per heavy atom. The van der Waals surface area contributed by atoms with Gasteiger partial charge in [0.2, 0.25) is 23.6 Å². The lowest BCUT2D eigenvalue weighted by atomic mass is 10.2. The van der Waals surface area contributed by atoms with Crippen molar-refractivity contribution >= 4 is 41.5 Å². The van der Waals surface area contributed by atoms with E-state index in [2.05, 4.69) is 12.2 Å². The molecule has 1 saturated heterocycles. The average molecular weight is 731 g/mol. The molecule has 0 bridgehead atoms. The van der Waals surface area contributed by atoms with Crippen LogP contribution in [0.25, 0.3) is 0 Å². The molecule has 51 heavy (non-hydrogen) atoms. The summed E-state index contributed by atoms with van der Waals surface area (Å²) in [6, 6.07) is 0. The van der Waals surface area contributed by atoms with Gasteiger partial charge in [-0.1, -0.05) is 40.0 Å². The normalized spacial score (nSPS) is 15.3. The summed E-state index contributed by atoms with van der Waals surface area (Å²) in [4.78, 5) is 95.7. The Hall–Kier alpha value is -3.87. The zero-order valence-corrected chi connectivity index (χ0v) is 31.5. The Balaban J connectivity index is 0.0000123. The molecule has 0 saturated carbocycles. The van der Waals surface area contributed by atoms with Crippen LogP contribution in [0.15, 0.2) is 0 Å². The fourth-order valence-corrected chi connectivity index (χ4v) is 5.06. The number of carbonyl (C=O) groups is 7. The summed E-state index contributed by atoms with van der Waals surface area (Å²) in [6.07, 6.45) is 4.05. The van der Waals surface area contributed by atoms with E-state index in [0.29, 0.717) is 6.54 Å². The van der Waals surface area contributed by atoms with Gasteiger partial charge in [-0.3, -0.25) is 53.2 Å². The molecule has 1 heterocycles. The van der Waals surface area contributed by atoms with Crippen molar-refractivity contribution in [2.75, 3.05) is 126 Å². The number of hydrogen-bond donors (Lipinski definition) is 4. The van der Waals surface area contributed by atoms with E-state index in [0.717, 1.165) is 25.7 Å². The molecule has 4 amide bonds. The van der Waals surface area contributed by atoms with Crippen LogP contribution in [-0.2, 0) is 33.6 Å². The van der Waals surface area contributed by atoms with Crippen molar-refractivity contribution in [1.82, 2.24) is 39.6 Å². The molecule has 1 fully saturated rings. The van der Waals surface area contributed by atoms with Gasteiger partial charge in [0.25, 0.3) is 0 Å². The Morgan fingerprint density at radius 1 is 0.510 bits per heavy atom. The molecule has 1 rings (SSSR count). The van der Waals surface area contributed by atoms with Crippen LogP contribution in [0.3, 0.4) is 0 Å². The van der Waals surface area contributed by atoms with E-state index in [1.165, 1.54) is 35.8 Å². The topological polar surface area (TPSA) is 215 Å². The molecule has 294 valence electrons. The standard InChI is InChI=1S/C31H56N8O10.C2H6/c1-5-6-7-8-9-32-25(40)18-33(2)26(41)19-34(3)27(42)20-35(4)28(43)21-36-10-12-37(22-29(44)45)14-16-39(24-31(48)49)17-15-38(13-11-36)23-30(46)47;1-2/h5-24H2,1-4H3,(H,32,40)(H,44,45)(H,46,47)(H,48,49);1-2H3. The van der Waals surface area contributed by atoms with E-state index >= 15 is 0 Å². The second-order valence-corrected chi connectivity index (χ2v) is 12.4. The molecular weight excluding hydrogens is 668 g/mol. The third-order valence-electron chi connectivity index (χ3n) is 8.12. The molecule has 0 aromatic rings. The molecule has 0 radical (unpaired) electrons. The quantitative estimate of drug-likeness (QED) is 0.112. The van der Waals surface area contributed by atoms with Crippen molar-refractivity contribution in [1.29, 1.82) is 0 Å². The van der Waals surface area contributed by atoms with Gasteiger partial charge in [0, 0.05) is 80.0 Å². The van der Waals surface area contributed by atoms with Crippen molar-refractivity contribution in [3.63, 3.8) is 0 Å². The summed E-state index contributed by atoms with van der Waals surface area (Å²) >= 11 is 0. The van der Waals surface area contributed by atoms with Crippen molar-refractivity contribution in [2.45, 2.75) is 46.5 Å². The predicted molar refractivity (Wildman–Crippen MR) is 190 cm³/mol. The molecule has 0 atom stereocenters. The van der Waals surface area contributed by atoms with E-state index in [1.807, 2.05) is 13.8 Å². The van der Waals surface area contributed by atoms with Gasteiger partial charge in [-0.05, 0) is 6.42 Å². The van der Waals surface area contributed by atoms with Gasteiger partial charge in [0.15, 0.2) is 0 Å². The first kappa shape index (κ1) is 47.1. The van der Waals surface area contributed by atoms with Crippen molar-refractivity contribution in [2.24, 2.45) is 0 Å². The van der Waals surface area contributed by atoms with Crippen LogP contribution in [0.2, 0.25) is 0 Å². The van der Waals surface area contributed by atoms with E-state index in [4.69, 9.17) is 0 Å². The number of carbonyl (C=O) groups excluding carboxylic acids is 4. The summed E-state index contributed by atoms with van der Waals surface area (Å²) in [5.74, 6) is -4.78. The van der Waals surface area contributed by atoms with Crippen molar-refractivity contribution < 1.29 is 48.9 Å². The summed E-state index contributed by atoms with van der Waals surface area (Å²) in [5.41, 5.74) is 0. The molecule has 0 aromatic heterocycles. The molecule has 1 aliphatic heterocycles. The number of carboxylic acid groups (broad SMARTS) is 3. The maximum Gasteiger partial charge on any atom is 0.317 e. The number of hydrogen-bond acceptors (Lipinski definition) is 11. The van der Waals surface area contributed by atoms with Crippen LogP contribution in [0.4, 0.5) is 0 Å². The van der Waals surface area contributed by atoms with Gasteiger partial charge in [0.1, 0.15) is 0 Å². The SMILES string of the molecule is CC.CCCCCCNC(=O)CN(C)C(=O)CN(C)C(=O)CN(C)C(=O)CN1CCN(CC(=O)O)CCN(CC(=O)O)CCN(CC(=O)O)CC1. The van der Waals surface area contributed by atoms with Gasteiger partial charge in [-0.15, -0.1) is 0 Å². The fraction of sp³-hybridized carbons (Fsp3) is 0.788. The number of carboxylic acids is 3. The molecule has 4 N–H and O–H groups in total. The first-order valence-corrected chi connectivity index (χ1v) is 17.6. The molecule has 0 aliphatic carbocycles. The minimum absolute atomic E-state index is 0.129. The number of unbranched alkanes of at least 4 members (excludes halogenated alkanes) is 3. The number of nitrogens with one attached hydrogen (secondary N) is 1. The summed E-state index contributed by atoms with van der Waals surface area (Å²) < 4.78 is 0. The van der Waals surface area contributed by atoms with Crippen LogP contribution in [0.5, 0.6) is 0 Å². The highest BCUT2D eigenvalue weighted by atomic mass is 16.4. The minimum Gasteiger partial charge on any atom is -0.480 e. The summed E-state index contributed by atoms with van der Waals surface area (Å²) in [5, 5.41) is 30.9. The van der Waals surface area contributed by atoms with Crippen molar-refractivity contribution in [3.05, 3.63) is 0 Å². The lowest BCUT2D eigenvalue weighted by molar-refractivity contribution is -0.143. The minimum atomic E-state index is -1.06. The number of likely N-dealkylation sites (N-methyl/N-ethyl adjacent to an activating group) is 3. The second kappa shape index (κ2) is 26.9. The molecule has 0 aromatic carbocycles. The van der Waals surface area contributed by atoms with Crippen LogP contribution in [0, 0.1) is 0 Å². The first-order chi connectivity index (χ1) is 24.1. The Kier molecular flexibility index (Phi) is 24.8. The van der Waals surface area contributed by atoms with Crippen LogP contribution in [0.1, 0.15) is 46.5 Å². The first-order valence-electron chi connectivity index (χ1n) is 17.6. The Bertz CT molecular complexity index is 1080. The monoisotopic (exact) mass is 730 g/mol. The van der Waals surface area contributed by atoms with E-state index in [9.17, 15) is 48.9 Å². The van der Waals surface area contributed by atoms with Crippen LogP contribution < -0.4 is 5.32 Å². The van der Waals surface area contributed by atoms with E-state index in [-0.39, 0.29) is 104 Å². The fourth-order valence-electron chi connectivity index (χ4n) is 5.06. The highest BCUT2D eigenvalue weighted by molar-refractivity contribution is 5.90. The van der Waals surface area contributed by atoms with Crippen LogP contribution >= 0.6 is 0 Å². The van der Waals surface area contributed by atoms with Gasteiger partial charge in [0.05, 0.1) is 45.8 Å². The number of aliphatic carboxylic acids is 3. The maximum absolute atomic E-state index is 13.2. The predicted octanol–water partition coefficient (Wildman–Crippen LogP) is -1.44. The largest absolute Gasteiger partial charge is 0.480 e. The maximum atomic E-state index is 13.2. The highest BCUT2D eigenvalue weighted by Crippen LogP contribution is 2.03. The lowest BCUT2D eigenvalue weighted by Gasteiger charge is -2.33. The molecule has 0 unspecified atom stereocenters. The molecule has 18 nitrogen and oxygen atoms in total. The van der Waals surface area contributed by atoms with Gasteiger partial charge in [-0.25, -0.2) is 0 Å². The molecule has 0 spiro atoms. The van der Waals surface area contributed by atoms with E-state index < -0.39 is 35.6 Å². The molecular formula is C33H62N8O10. The number of rotatable bonds is 19. The summed E-state index contributed by atoms with van der Waals surface area (Å²) in [7, 11) is 4.36. The average Bonchev–Trinajstić information content (AvgIpc) is 3.05. The zero-order valence-electron chi connectivity index (χ0n) is 31.5. The van der Waals surface area contributed by atoms with Gasteiger partial charge >= 0.3 is 17.9 Å². The number of amides is 4. The number of nitrogens with zero attached hydrogens (tertiary/aromatic N) is 7. The van der Waals surface area contributed by atoms with Gasteiger partial charge in [-0.2, -0.15) is 0 Å². The van der Waals surface area contributed by atoms with Crippen molar-refractivity contribution in [3.8, 4) is 0 Å². The third-order valence-corrected chi connectivity index (χ3v) is 8.12. The Morgan fingerprint density at radius 3 is 1.20 bits per heavy atom. The summed E-state index contributed by atoms with van der Waals surface area (Å²) in [6.45, 7) is 6.93. The van der Waals surface area contributed by atoms with Gasteiger partial charge < -0.3 is 35.3 Å². The smallest absolute Gasteiger partial charge is 0.317 e.